The van der Waals surface area contributed by atoms with Gasteiger partial charge in [0.1, 0.15) is 5.75 Å². The number of nitrogens with one attached hydrogen (secondary N) is 1. The van der Waals surface area contributed by atoms with Crippen LogP contribution in [0.15, 0.2) is 53.6 Å². The molecule has 0 aromatic heterocycles. The molecule has 2 aromatic carbocycles. The molecule has 0 aliphatic heterocycles. The summed E-state index contributed by atoms with van der Waals surface area (Å²) in [4.78, 5) is 12.1. The van der Waals surface area contributed by atoms with E-state index in [9.17, 15) is 4.79 Å². The Morgan fingerprint density at radius 3 is 2.18 bits per heavy atom. The van der Waals surface area contributed by atoms with Gasteiger partial charge in [0.05, 0.1) is 12.8 Å². The fraction of sp³-hybridized carbons (Fsp3) is 0.222. The van der Waals surface area contributed by atoms with Crippen LogP contribution < -0.4 is 10.2 Å². The molecule has 0 bridgehead atoms. The van der Waals surface area contributed by atoms with E-state index in [2.05, 4.69) is 10.5 Å². The summed E-state index contributed by atoms with van der Waals surface area (Å²) in [5.41, 5.74) is 6.22. The Kier molecular flexibility index (Phi) is 5.31. The fourth-order valence-electron chi connectivity index (χ4n) is 2.02. The van der Waals surface area contributed by atoms with E-state index in [4.69, 9.17) is 4.74 Å². The van der Waals surface area contributed by atoms with Crippen LogP contribution >= 0.6 is 0 Å². The highest BCUT2D eigenvalue weighted by molar-refractivity contribution is 6.02. The van der Waals surface area contributed by atoms with E-state index in [0.717, 1.165) is 17.7 Å². The number of carbonyl (C=O) groups excluding carboxylic acids is 1. The topological polar surface area (TPSA) is 50.7 Å². The Morgan fingerprint density at radius 2 is 1.64 bits per heavy atom. The van der Waals surface area contributed by atoms with Crippen LogP contribution in [0.2, 0.25) is 0 Å². The summed E-state index contributed by atoms with van der Waals surface area (Å²) >= 11 is 0. The highest BCUT2D eigenvalue weighted by Crippen LogP contribution is 2.11. The van der Waals surface area contributed by atoms with Crippen LogP contribution in [0, 0.1) is 6.92 Å². The van der Waals surface area contributed by atoms with E-state index in [-0.39, 0.29) is 5.91 Å². The molecule has 0 aliphatic rings. The van der Waals surface area contributed by atoms with E-state index < -0.39 is 0 Å². The number of ether oxygens (including phenoxy) is 1. The molecule has 1 N–H and O–H groups in total. The fourth-order valence-corrected chi connectivity index (χ4v) is 2.02. The summed E-state index contributed by atoms with van der Waals surface area (Å²) in [5, 5.41) is 4.25. The van der Waals surface area contributed by atoms with Gasteiger partial charge in [0.15, 0.2) is 0 Å². The number of nitrogens with zero attached hydrogens (tertiary/aromatic N) is 1. The van der Waals surface area contributed by atoms with Crippen molar-refractivity contribution in [1.29, 1.82) is 0 Å². The van der Waals surface area contributed by atoms with E-state index >= 15 is 0 Å². The van der Waals surface area contributed by atoms with Crippen molar-refractivity contribution in [1.82, 2.24) is 5.43 Å². The second-order valence-electron chi connectivity index (χ2n) is 4.95. The molecule has 0 saturated heterocycles. The van der Waals surface area contributed by atoms with Gasteiger partial charge < -0.3 is 4.74 Å². The van der Waals surface area contributed by atoms with Crippen molar-refractivity contribution in [3.63, 3.8) is 0 Å². The van der Waals surface area contributed by atoms with Crippen LogP contribution in [0.5, 0.6) is 5.75 Å². The lowest BCUT2D eigenvalue weighted by Gasteiger charge is -2.06. The summed E-state index contributed by atoms with van der Waals surface area (Å²) < 4.78 is 5.07. The summed E-state index contributed by atoms with van der Waals surface area (Å²) in [6, 6.07) is 15.0. The lowest BCUT2D eigenvalue weighted by atomic mass is 10.1. The van der Waals surface area contributed by atoms with Crippen LogP contribution in [-0.2, 0) is 0 Å². The summed E-state index contributed by atoms with van der Waals surface area (Å²) in [5.74, 6) is 0.481. The Bertz CT molecular complexity index is 658. The molecule has 2 aromatic rings. The van der Waals surface area contributed by atoms with Gasteiger partial charge in [0.25, 0.3) is 5.91 Å². The molecule has 2 rings (SSSR count). The Hall–Kier alpha value is -2.62. The first-order chi connectivity index (χ1) is 10.6. The average molecular weight is 296 g/mol. The van der Waals surface area contributed by atoms with Gasteiger partial charge in [-0.1, -0.05) is 36.8 Å². The minimum atomic E-state index is -0.235. The molecule has 0 fully saturated rings. The summed E-state index contributed by atoms with van der Waals surface area (Å²) in [6.07, 6.45) is 0.742. The number of hydrogen-bond acceptors (Lipinski definition) is 3. The zero-order valence-electron chi connectivity index (χ0n) is 13.1. The Balaban J connectivity index is 2.10. The molecule has 0 aliphatic carbocycles. The van der Waals surface area contributed by atoms with Crippen LogP contribution in [0.4, 0.5) is 0 Å². The average Bonchev–Trinajstić information content (AvgIpc) is 2.56. The standard InChI is InChI=1S/C18H20N2O2/c1-4-17(14-7-5-13(2)6-8-14)19-20-18(21)15-9-11-16(22-3)12-10-15/h5-12H,4H2,1-3H3,(H,20,21). The lowest BCUT2D eigenvalue weighted by molar-refractivity contribution is 0.0955. The second-order valence-corrected chi connectivity index (χ2v) is 4.95. The van der Waals surface area contributed by atoms with Gasteiger partial charge in [-0.15, -0.1) is 0 Å². The van der Waals surface area contributed by atoms with Gasteiger partial charge in [-0.2, -0.15) is 5.10 Å². The second kappa shape index (κ2) is 7.41. The quantitative estimate of drug-likeness (QED) is 0.677. The minimum absolute atomic E-state index is 0.235. The molecule has 22 heavy (non-hydrogen) atoms. The van der Waals surface area contributed by atoms with Gasteiger partial charge in [-0.25, -0.2) is 5.43 Å². The highest BCUT2D eigenvalue weighted by Gasteiger charge is 2.06. The Morgan fingerprint density at radius 1 is 1.05 bits per heavy atom. The monoisotopic (exact) mass is 296 g/mol. The normalized spacial score (nSPS) is 11.1. The lowest BCUT2D eigenvalue weighted by Crippen LogP contribution is -2.19. The molecule has 0 unspecified atom stereocenters. The largest absolute Gasteiger partial charge is 0.497 e. The number of hydrazone groups is 1. The first kappa shape index (κ1) is 15.8. The molecule has 0 heterocycles. The number of hydrogen-bond donors (Lipinski definition) is 1. The molecule has 4 nitrogen and oxygen atoms in total. The van der Waals surface area contributed by atoms with E-state index in [0.29, 0.717) is 11.3 Å². The van der Waals surface area contributed by atoms with Crippen molar-refractivity contribution in [2.45, 2.75) is 20.3 Å². The van der Waals surface area contributed by atoms with Crippen molar-refractivity contribution in [2.24, 2.45) is 5.10 Å². The van der Waals surface area contributed by atoms with Crippen LogP contribution in [0.25, 0.3) is 0 Å². The smallest absolute Gasteiger partial charge is 0.271 e. The predicted octanol–water partition coefficient (Wildman–Crippen LogP) is 3.55. The molecule has 0 atom stereocenters. The number of carbonyl (C=O) groups is 1. The van der Waals surface area contributed by atoms with E-state index in [1.165, 1.54) is 5.56 Å². The van der Waals surface area contributed by atoms with Crippen molar-refractivity contribution >= 4 is 11.6 Å². The predicted molar refractivity (Wildman–Crippen MR) is 88.5 cm³/mol. The van der Waals surface area contributed by atoms with Crippen molar-refractivity contribution < 1.29 is 9.53 Å². The van der Waals surface area contributed by atoms with Gasteiger partial charge in [-0.3, -0.25) is 4.79 Å². The maximum Gasteiger partial charge on any atom is 0.271 e. The number of amides is 1. The zero-order chi connectivity index (χ0) is 15.9. The minimum Gasteiger partial charge on any atom is -0.497 e. The molecule has 1 amide bonds. The van der Waals surface area contributed by atoms with Crippen molar-refractivity contribution in [3.05, 3.63) is 65.2 Å². The van der Waals surface area contributed by atoms with E-state index in [1.54, 1.807) is 31.4 Å². The molecule has 4 heteroatoms. The number of rotatable bonds is 5. The van der Waals surface area contributed by atoms with Crippen molar-refractivity contribution in [3.8, 4) is 5.75 Å². The maximum atomic E-state index is 12.1. The summed E-state index contributed by atoms with van der Waals surface area (Å²) in [6.45, 7) is 4.05. The molecule has 0 saturated carbocycles. The van der Waals surface area contributed by atoms with E-state index in [1.807, 2.05) is 38.1 Å². The molecule has 0 radical (unpaired) electrons. The van der Waals surface area contributed by atoms with Gasteiger partial charge in [-0.05, 0) is 43.2 Å². The molecular weight excluding hydrogens is 276 g/mol. The van der Waals surface area contributed by atoms with Crippen LogP contribution in [0.1, 0.15) is 34.8 Å². The SMILES string of the molecule is CCC(=NNC(=O)c1ccc(OC)cc1)c1ccc(C)cc1. The van der Waals surface area contributed by atoms with Gasteiger partial charge in [0, 0.05) is 5.56 Å². The Labute approximate surface area is 130 Å². The molecular formula is C18H20N2O2. The maximum absolute atomic E-state index is 12.1. The third-order valence-electron chi connectivity index (χ3n) is 3.36. The van der Waals surface area contributed by atoms with Gasteiger partial charge in [0.2, 0.25) is 0 Å². The number of methoxy groups -OCH3 is 1. The van der Waals surface area contributed by atoms with Gasteiger partial charge >= 0.3 is 0 Å². The van der Waals surface area contributed by atoms with Crippen molar-refractivity contribution in [2.75, 3.05) is 7.11 Å². The number of aryl methyl sites for hydroxylation is 1. The molecule has 114 valence electrons. The van der Waals surface area contributed by atoms with Crippen LogP contribution in [-0.4, -0.2) is 18.7 Å². The summed E-state index contributed by atoms with van der Waals surface area (Å²) in [7, 11) is 1.59. The highest BCUT2D eigenvalue weighted by atomic mass is 16.5. The number of benzene rings is 2. The zero-order valence-corrected chi connectivity index (χ0v) is 13.1. The molecule has 0 spiro atoms. The van der Waals surface area contributed by atoms with Crippen LogP contribution in [0.3, 0.4) is 0 Å². The third-order valence-corrected chi connectivity index (χ3v) is 3.36. The third kappa shape index (κ3) is 3.95. The first-order valence-electron chi connectivity index (χ1n) is 7.22. The first-order valence-corrected chi connectivity index (χ1v) is 7.22.